The Morgan fingerprint density at radius 3 is 2.82 bits per heavy atom. The second-order valence-corrected chi connectivity index (χ2v) is 5.68. The highest BCUT2D eigenvalue weighted by Crippen LogP contribution is 2.21. The van der Waals surface area contributed by atoms with E-state index in [0.29, 0.717) is 6.54 Å². The van der Waals surface area contributed by atoms with Crippen molar-refractivity contribution in [1.29, 1.82) is 0 Å². The van der Waals surface area contributed by atoms with E-state index in [2.05, 4.69) is 5.43 Å². The van der Waals surface area contributed by atoms with Crippen LogP contribution < -0.4 is 10.9 Å². The average Bonchev–Trinajstić information content (AvgIpc) is 2.98. The van der Waals surface area contributed by atoms with Crippen LogP contribution >= 0.6 is 11.3 Å². The summed E-state index contributed by atoms with van der Waals surface area (Å²) in [7, 11) is 0. The van der Waals surface area contributed by atoms with E-state index >= 15 is 0 Å². The molecule has 0 radical (unpaired) electrons. The van der Waals surface area contributed by atoms with E-state index in [1.807, 2.05) is 17.5 Å². The lowest BCUT2D eigenvalue weighted by Gasteiger charge is -2.31. The highest BCUT2D eigenvalue weighted by molar-refractivity contribution is 7.09. The Morgan fingerprint density at radius 2 is 2.18 bits per heavy atom. The molecule has 0 saturated carbocycles. The van der Waals surface area contributed by atoms with Gasteiger partial charge in [-0.15, -0.1) is 11.3 Å². The highest BCUT2D eigenvalue weighted by Gasteiger charge is 2.30. The summed E-state index contributed by atoms with van der Waals surface area (Å²) >= 11 is 1.48. The van der Waals surface area contributed by atoms with Crippen molar-refractivity contribution in [2.24, 2.45) is 0 Å². The van der Waals surface area contributed by atoms with E-state index in [4.69, 9.17) is 5.11 Å². The van der Waals surface area contributed by atoms with Crippen LogP contribution in [0.2, 0.25) is 0 Å². The molecule has 0 aliphatic carbocycles. The van der Waals surface area contributed by atoms with Gasteiger partial charge in [-0.25, -0.2) is 4.79 Å². The number of amides is 1. The van der Waals surface area contributed by atoms with Gasteiger partial charge in [-0.2, -0.15) is 0 Å². The zero-order chi connectivity index (χ0) is 15.9. The second-order valence-electron chi connectivity index (χ2n) is 4.64. The summed E-state index contributed by atoms with van der Waals surface area (Å²) in [4.78, 5) is 37.6. The zero-order valence-electron chi connectivity index (χ0n) is 11.1. The molecule has 114 valence electrons. The van der Waals surface area contributed by atoms with Crippen LogP contribution in [0.3, 0.4) is 0 Å². The summed E-state index contributed by atoms with van der Waals surface area (Å²) in [6.45, 7) is 0.461. The lowest BCUT2D eigenvalue weighted by atomic mass is 10.2. The molecule has 0 bridgehead atoms. The summed E-state index contributed by atoms with van der Waals surface area (Å²) in [5.41, 5.74) is 0.837. The third-order valence-electron chi connectivity index (χ3n) is 3.26. The van der Waals surface area contributed by atoms with E-state index in [-0.39, 0.29) is 12.4 Å². The minimum atomic E-state index is -1.47. The molecule has 0 fully saturated rings. The smallest absolute Gasteiger partial charge is 0.341 e. The number of nitrogens with one attached hydrogen (secondary N) is 1. The Hall–Kier alpha value is -2.81. The van der Waals surface area contributed by atoms with Crippen molar-refractivity contribution < 1.29 is 19.8 Å². The fourth-order valence-corrected chi connectivity index (χ4v) is 2.90. The first-order valence-electron chi connectivity index (χ1n) is 6.26. The average molecular weight is 321 g/mol. The number of carboxylic acid groups (broad SMARTS) is 1. The maximum atomic E-state index is 12.4. The fraction of sp³-hybridized carbons (Fsp3) is 0.154. The number of carbonyl (C=O) groups is 2. The van der Waals surface area contributed by atoms with Crippen LogP contribution in [-0.2, 0) is 6.54 Å². The number of thiophene rings is 1. The third-order valence-corrected chi connectivity index (χ3v) is 4.12. The van der Waals surface area contributed by atoms with E-state index < -0.39 is 28.6 Å². The van der Waals surface area contributed by atoms with Gasteiger partial charge in [-0.05, 0) is 11.4 Å². The molecule has 3 rings (SSSR count). The number of carbonyl (C=O) groups excluding carboxylic acids is 1. The van der Waals surface area contributed by atoms with Crippen LogP contribution in [0, 0.1) is 0 Å². The maximum Gasteiger partial charge on any atom is 0.341 e. The van der Waals surface area contributed by atoms with Gasteiger partial charge in [0, 0.05) is 11.1 Å². The second kappa shape index (κ2) is 5.19. The Kier molecular flexibility index (Phi) is 3.33. The zero-order valence-corrected chi connectivity index (χ0v) is 12.0. The molecule has 1 aliphatic rings. The quantitative estimate of drug-likeness (QED) is 0.758. The standard InChI is InChI=1S/C13H11N3O5S/c17-10-8(13(20)21)5-16-9(11(10)18)12(19)15(6-14-16)4-7-2-1-3-22-7/h1-3,5,14,18H,4,6H2,(H,20,21). The molecule has 0 atom stereocenters. The fourth-order valence-electron chi connectivity index (χ4n) is 2.18. The molecule has 1 aliphatic heterocycles. The Balaban J connectivity index is 2.01. The number of fused-ring (bicyclic) bond motifs is 1. The van der Waals surface area contributed by atoms with Gasteiger partial charge in [0.15, 0.2) is 11.4 Å². The van der Waals surface area contributed by atoms with Crippen LogP contribution in [0.1, 0.15) is 25.7 Å². The maximum absolute atomic E-state index is 12.4. The Bertz CT molecular complexity index is 812. The van der Waals surface area contributed by atoms with Gasteiger partial charge in [0.25, 0.3) is 5.91 Å². The molecule has 0 saturated heterocycles. The lowest BCUT2D eigenvalue weighted by Crippen LogP contribution is -2.46. The van der Waals surface area contributed by atoms with Crippen molar-refractivity contribution in [2.45, 2.75) is 6.54 Å². The molecule has 0 unspecified atom stereocenters. The molecular weight excluding hydrogens is 310 g/mol. The van der Waals surface area contributed by atoms with E-state index in [0.717, 1.165) is 15.8 Å². The number of aromatic nitrogens is 1. The number of pyridine rings is 1. The summed E-state index contributed by atoms with van der Waals surface area (Å²) < 4.78 is 1.08. The van der Waals surface area contributed by atoms with Gasteiger partial charge >= 0.3 is 5.97 Å². The first-order chi connectivity index (χ1) is 10.5. The van der Waals surface area contributed by atoms with Gasteiger partial charge in [0.05, 0.1) is 6.54 Å². The summed E-state index contributed by atoms with van der Waals surface area (Å²) in [6, 6.07) is 3.73. The summed E-state index contributed by atoms with van der Waals surface area (Å²) in [5.74, 6) is -2.88. The van der Waals surface area contributed by atoms with Crippen LogP contribution in [-0.4, -0.2) is 38.3 Å². The van der Waals surface area contributed by atoms with Crippen LogP contribution in [0.4, 0.5) is 0 Å². The van der Waals surface area contributed by atoms with Crippen molar-refractivity contribution >= 4 is 23.2 Å². The molecule has 0 aromatic carbocycles. The van der Waals surface area contributed by atoms with Gasteiger partial charge in [-0.1, -0.05) is 6.07 Å². The van der Waals surface area contributed by atoms with Crippen molar-refractivity contribution in [3.8, 4) is 5.75 Å². The monoisotopic (exact) mass is 321 g/mol. The van der Waals surface area contributed by atoms with Crippen molar-refractivity contribution in [1.82, 2.24) is 9.58 Å². The Labute approximate surface area is 127 Å². The number of aromatic carboxylic acids is 1. The molecule has 0 spiro atoms. The largest absolute Gasteiger partial charge is 0.502 e. The van der Waals surface area contributed by atoms with E-state index in [1.165, 1.54) is 16.2 Å². The third kappa shape index (κ3) is 2.21. The number of nitrogens with zero attached hydrogens (tertiary/aromatic N) is 2. The highest BCUT2D eigenvalue weighted by atomic mass is 32.1. The van der Waals surface area contributed by atoms with Crippen LogP contribution in [0.25, 0.3) is 0 Å². The van der Waals surface area contributed by atoms with E-state index in [1.54, 1.807) is 0 Å². The molecule has 3 N–H and O–H groups in total. The molecule has 8 nitrogen and oxygen atoms in total. The van der Waals surface area contributed by atoms with Crippen molar-refractivity contribution in [2.75, 3.05) is 12.1 Å². The minimum Gasteiger partial charge on any atom is -0.502 e. The topological polar surface area (TPSA) is 112 Å². The molecule has 1 amide bonds. The number of carboxylic acids is 1. The minimum absolute atomic E-state index is 0.130. The molecule has 9 heteroatoms. The molecule has 2 aromatic rings. The normalized spacial score (nSPS) is 13.6. The molecule has 3 heterocycles. The lowest BCUT2D eigenvalue weighted by molar-refractivity contribution is 0.0678. The predicted molar refractivity (Wildman–Crippen MR) is 77.7 cm³/mol. The van der Waals surface area contributed by atoms with Gasteiger partial charge in [0.1, 0.15) is 12.2 Å². The molecule has 2 aromatic heterocycles. The van der Waals surface area contributed by atoms with Gasteiger partial charge in [-0.3, -0.25) is 14.3 Å². The number of hydrogen-bond acceptors (Lipinski definition) is 6. The number of hydrogen-bond donors (Lipinski definition) is 3. The summed E-state index contributed by atoms with van der Waals surface area (Å²) in [6.07, 6.45) is 1.00. The van der Waals surface area contributed by atoms with Crippen LogP contribution in [0.15, 0.2) is 28.5 Å². The first kappa shape index (κ1) is 14.1. The molecular formula is C13H11N3O5S. The summed E-state index contributed by atoms with van der Waals surface area (Å²) in [5, 5.41) is 20.7. The van der Waals surface area contributed by atoms with Crippen molar-refractivity contribution in [3.05, 3.63) is 50.1 Å². The molecule has 22 heavy (non-hydrogen) atoms. The van der Waals surface area contributed by atoms with Crippen molar-refractivity contribution in [3.63, 3.8) is 0 Å². The number of aromatic hydroxyl groups is 1. The predicted octanol–water partition coefficient (Wildman–Crippen LogP) is 0.471. The van der Waals surface area contributed by atoms with E-state index in [9.17, 15) is 19.5 Å². The van der Waals surface area contributed by atoms with Crippen LogP contribution in [0.5, 0.6) is 5.75 Å². The Morgan fingerprint density at radius 1 is 1.41 bits per heavy atom. The first-order valence-corrected chi connectivity index (χ1v) is 7.14. The number of rotatable bonds is 3. The van der Waals surface area contributed by atoms with Gasteiger partial charge < -0.3 is 20.5 Å². The SMILES string of the molecule is O=C(O)c1cn2c(c(O)c1=O)C(=O)N(Cc1cccs1)CN2. The van der Waals surface area contributed by atoms with Gasteiger partial charge in [0.2, 0.25) is 5.43 Å².